The molecule has 0 bridgehead atoms. The van der Waals surface area contributed by atoms with Gasteiger partial charge in [0.1, 0.15) is 17.6 Å². The topological polar surface area (TPSA) is 41.5 Å². The average Bonchev–Trinajstić information content (AvgIpc) is 2.88. The van der Waals surface area contributed by atoms with Crippen molar-refractivity contribution in [2.75, 3.05) is 6.54 Å². The summed E-state index contributed by atoms with van der Waals surface area (Å²) in [5, 5.41) is 12.8. The van der Waals surface area contributed by atoms with E-state index in [1.807, 2.05) is 24.3 Å². The zero-order valence-electron chi connectivity index (χ0n) is 11.5. The molecule has 0 fully saturated rings. The summed E-state index contributed by atoms with van der Waals surface area (Å²) in [6.07, 6.45) is 1.16. The van der Waals surface area contributed by atoms with Crippen molar-refractivity contribution in [3.8, 4) is 11.5 Å². The van der Waals surface area contributed by atoms with E-state index in [1.54, 1.807) is 12.1 Å². The zero-order valence-corrected chi connectivity index (χ0v) is 11.5. The van der Waals surface area contributed by atoms with Crippen LogP contribution in [0.15, 0.2) is 48.5 Å². The van der Waals surface area contributed by atoms with Gasteiger partial charge in [0.15, 0.2) is 0 Å². The Bertz CT molecular complexity index is 555. The molecule has 2 N–H and O–H groups in total. The third-order valence-electron chi connectivity index (χ3n) is 3.76. The maximum absolute atomic E-state index is 9.30. The molecular weight excluding hydrogens is 250 g/mol. The van der Waals surface area contributed by atoms with Gasteiger partial charge < -0.3 is 15.2 Å². The molecule has 2 atom stereocenters. The van der Waals surface area contributed by atoms with Gasteiger partial charge >= 0.3 is 0 Å². The number of hydrogen-bond acceptors (Lipinski definition) is 3. The fraction of sp³-hybridized carbons (Fsp3) is 0.294. The molecule has 3 heteroatoms. The van der Waals surface area contributed by atoms with E-state index < -0.39 is 0 Å². The Kier molecular flexibility index (Phi) is 3.61. The van der Waals surface area contributed by atoms with Crippen molar-refractivity contribution in [2.24, 2.45) is 0 Å². The first kappa shape index (κ1) is 13.0. The van der Waals surface area contributed by atoms with Gasteiger partial charge in [-0.2, -0.15) is 0 Å². The molecule has 1 aliphatic rings. The van der Waals surface area contributed by atoms with E-state index in [9.17, 15) is 5.11 Å². The van der Waals surface area contributed by atoms with Crippen LogP contribution in [0.4, 0.5) is 0 Å². The Hall–Kier alpha value is -2.00. The van der Waals surface area contributed by atoms with Crippen LogP contribution in [-0.4, -0.2) is 17.8 Å². The third-order valence-corrected chi connectivity index (χ3v) is 3.76. The predicted octanol–water partition coefficient (Wildman–Crippen LogP) is 3.05. The molecule has 1 aliphatic heterocycles. The highest BCUT2D eigenvalue weighted by Gasteiger charge is 2.22. The van der Waals surface area contributed by atoms with Crippen LogP contribution in [0.1, 0.15) is 24.1 Å². The normalized spacial score (nSPS) is 18.4. The number of benzene rings is 2. The largest absolute Gasteiger partial charge is 0.508 e. The van der Waals surface area contributed by atoms with E-state index in [1.165, 1.54) is 11.1 Å². The first-order chi connectivity index (χ1) is 9.72. The van der Waals surface area contributed by atoms with E-state index >= 15 is 0 Å². The van der Waals surface area contributed by atoms with Crippen LogP contribution < -0.4 is 10.1 Å². The second kappa shape index (κ2) is 5.55. The van der Waals surface area contributed by atoms with Gasteiger partial charge in [0.2, 0.25) is 0 Å². The molecule has 3 rings (SSSR count). The van der Waals surface area contributed by atoms with Crippen LogP contribution in [0, 0.1) is 0 Å². The van der Waals surface area contributed by atoms with Gasteiger partial charge in [0.25, 0.3) is 0 Å². The molecule has 0 spiro atoms. The first-order valence-electron chi connectivity index (χ1n) is 6.99. The zero-order chi connectivity index (χ0) is 13.9. The Balaban J connectivity index is 1.55. The Morgan fingerprint density at radius 3 is 2.70 bits per heavy atom. The van der Waals surface area contributed by atoms with Crippen molar-refractivity contribution >= 4 is 0 Å². The van der Waals surface area contributed by atoms with Crippen molar-refractivity contribution in [3.63, 3.8) is 0 Å². The lowest BCUT2D eigenvalue weighted by atomic mass is 10.1. The molecule has 1 heterocycles. The second-order valence-electron chi connectivity index (χ2n) is 5.27. The molecule has 2 aromatic rings. The summed E-state index contributed by atoms with van der Waals surface area (Å²) < 4.78 is 5.91. The fourth-order valence-corrected chi connectivity index (χ4v) is 2.56. The number of ether oxygens (including phenoxy) is 1. The maximum Gasteiger partial charge on any atom is 0.123 e. The van der Waals surface area contributed by atoms with Crippen LogP contribution in [0.25, 0.3) is 0 Å². The van der Waals surface area contributed by atoms with Gasteiger partial charge in [-0.25, -0.2) is 0 Å². The van der Waals surface area contributed by atoms with Gasteiger partial charge in [0, 0.05) is 19.0 Å². The van der Waals surface area contributed by atoms with Crippen molar-refractivity contribution in [1.29, 1.82) is 0 Å². The number of phenols is 1. The monoisotopic (exact) mass is 269 g/mol. The minimum absolute atomic E-state index is 0.201. The van der Waals surface area contributed by atoms with Crippen LogP contribution in [0.3, 0.4) is 0 Å². The summed E-state index contributed by atoms with van der Waals surface area (Å²) in [4.78, 5) is 0. The Labute approximate surface area is 119 Å². The van der Waals surface area contributed by atoms with Crippen molar-refractivity contribution in [2.45, 2.75) is 25.5 Å². The standard InChI is InChI=1S/C17H19NO2/c1-12(13-6-8-15(19)9-7-13)18-11-16-10-14-4-2-3-5-17(14)20-16/h2-9,12,16,18-19H,10-11H2,1H3. The number of hydrogen-bond donors (Lipinski definition) is 2. The van der Waals surface area contributed by atoms with Crippen LogP contribution in [0.5, 0.6) is 11.5 Å². The van der Waals surface area contributed by atoms with E-state index in [0.717, 1.165) is 18.7 Å². The molecule has 2 aromatic carbocycles. The number of rotatable bonds is 4. The van der Waals surface area contributed by atoms with Gasteiger partial charge in [-0.05, 0) is 36.2 Å². The van der Waals surface area contributed by atoms with E-state index in [0.29, 0.717) is 5.75 Å². The smallest absolute Gasteiger partial charge is 0.123 e. The number of fused-ring (bicyclic) bond motifs is 1. The predicted molar refractivity (Wildman–Crippen MR) is 79.1 cm³/mol. The Morgan fingerprint density at radius 2 is 1.95 bits per heavy atom. The molecule has 0 aromatic heterocycles. The number of nitrogens with one attached hydrogen (secondary N) is 1. The quantitative estimate of drug-likeness (QED) is 0.896. The molecule has 2 unspecified atom stereocenters. The summed E-state index contributed by atoms with van der Waals surface area (Å²) in [5.74, 6) is 1.31. The summed E-state index contributed by atoms with van der Waals surface area (Å²) in [6, 6.07) is 15.8. The molecular formula is C17H19NO2. The van der Waals surface area contributed by atoms with Gasteiger partial charge in [-0.1, -0.05) is 30.3 Å². The molecule has 0 saturated heterocycles. The van der Waals surface area contributed by atoms with E-state index in [4.69, 9.17) is 4.74 Å². The number of phenolic OH excluding ortho intramolecular Hbond substituents is 1. The summed E-state index contributed by atoms with van der Waals surface area (Å²) >= 11 is 0. The second-order valence-corrected chi connectivity index (χ2v) is 5.27. The van der Waals surface area contributed by atoms with Crippen molar-refractivity contribution in [3.05, 3.63) is 59.7 Å². The van der Waals surface area contributed by atoms with E-state index in [2.05, 4.69) is 24.4 Å². The average molecular weight is 269 g/mol. The molecule has 20 heavy (non-hydrogen) atoms. The lowest BCUT2D eigenvalue weighted by Crippen LogP contribution is -2.31. The fourth-order valence-electron chi connectivity index (χ4n) is 2.56. The highest BCUT2D eigenvalue weighted by Crippen LogP contribution is 2.28. The molecule has 0 aliphatic carbocycles. The first-order valence-corrected chi connectivity index (χ1v) is 6.99. The summed E-state index contributed by atoms with van der Waals surface area (Å²) in [6.45, 7) is 2.94. The minimum Gasteiger partial charge on any atom is -0.508 e. The highest BCUT2D eigenvalue weighted by atomic mass is 16.5. The van der Waals surface area contributed by atoms with Crippen LogP contribution in [-0.2, 0) is 6.42 Å². The lowest BCUT2D eigenvalue weighted by Gasteiger charge is -2.17. The minimum atomic E-state index is 0.201. The number of para-hydroxylation sites is 1. The molecule has 0 amide bonds. The van der Waals surface area contributed by atoms with Crippen molar-refractivity contribution < 1.29 is 9.84 Å². The van der Waals surface area contributed by atoms with Gasteiger partial charge in [0.05, 0.1) is 0 Å². The van der Waals surface area contributed by atoms with Gasteiger partial charge in [-0.3, -0.25) is 0 Å². The third kappa shape index (κ3) is 2.78. The SMILES string of the molecule is CC(NCC1Cc2ccccc2O1)c1ccc(O)cc1. The highest BCUT2D eigenvalue weighted by molar-refractivity contribution is 5.37. The van der Waals surface area contributed by atoms with Gasteiger partial charge in [-0.15, -0.1) is 0 Å². The van der Waals surface area contributed by atoms with E-state index in [-0.39, 0.29) is 12.1 Å². The molecule has 0 saturated carbocycles. The van der Waals surface area contributed by atoms with Crippen LogP contribution in [0.2, 0.25) is 0 Å². The lowest BCUT2D eigenvalue weighted by molar-refractivity contribution is 0.222. The summed E-state index contributed by atoms with van der Waals surface area (Å²) in [5.41, 5.74) is 2.45. The molecule has 104 valence electrons. The van der Waals surface area contributed by atoms with Crippen molar-refractivity contribution in [1.82, 2.24) is 5.32 Å². The van der Waals surface area contributed by atoms with Crippen LogP contribution >= 0.6 is 0 Å². The Morgan fingerprint density at radius 1 is 1.20 bits per heavy atom. The molecule has 0 radical (unpaired) electrons. The maximum atomic E-state index is 9.30. The molecule has 3 nitrogen and oxygen atoms in total. The number of aromatic hydroxyl groups is 1. The summed E-state index contributed by atoms with van der Waals surface area (Å²) in [7, 11) is 0.